The van der Waals surface area contributed by atoms with Gasteiger partial charge in [0, 0.05) is 0 Å². The molecule has 1 rings (SSSR count). The number of aliphatic hydroxyl groups is 1. The van der Waals surface area contributed by atoms with Crippen molar-refractivity contribution in [1.29, 1.82) is 0 Å². The SMILES string of the molecule is CC(C)C[C@@H](N)c1ccc(CO)o1. The minimum Gasteiger partial charge on any atom is -0.462 e. The molecule has 0 aliphatic carbocycles. The molecule has 0 saturated carbocycles. The molecule has 0 unspecified atom stereocenters. The van der Waals surface area contributed by atoms with Crippen molar-refractivity contribution in [3.8, 4) is 0 Å². The van der Waals surface area contributed by atoms with E-state index in [4.69, 9.17) is 15.3 Å². The normalized spacial score (nSPS) is 13.6. The van der Waals surface area contributed by atoms with Crippen LogP contribution in [-0.2, 0) is 6.61 Å². The van der Waals surface area contributed by atoms with Gasteiger partial charge in [0.1, 0.15) is 18.1 Å². The third-order valence-electron chi connectivity index (χ3n) is 1.93. The van der Waals surface area contributed by atoms with Gasteiger partial charge in [0.05, 0.1) is 6.04 Å². The zero-order valence-corrected chi connectivity index (χ0v) is 8.16. The van der Waals surface area contributed by atoms with Crippen LogP contribution in [0.1, 0.15) is 37.8 Å². The molecule has 1 atom stereocenters. The first-order valence-electron chi connectivity index (χ1n) is 4.58. The molecule has 0 fully saturated rings. The molecule has 0 bridgehead atoms. The van der Waals surface area contributed by atoms with E-state index >= 15 is 0 Å². The lowest BCUT2D eigenvalue weighted by molar-refractivity contribution is 0.240. The number of hydrogen-bond donors (Lipinski definition) is 2. The average Bonchev–Trinajstić information content (AvgIpc) is 2.50. The van der Waals surface area contributed by atoms with Gasteiger partial charge in [-0.25, -0.2) is 0 Å². The van der Waals surface area contributed by atoms with E-state index in [0.717, 1.165) is 12.2 Å². The monoisotopic (exact) mass is 183 g/mol. The van der Waals surface area contributed by atoms with Crippen molar-refractivity contribution in [3.05, 3.63) is 23.7 Å². The molecule has 0 saturated heterocycles. The molecule has 0 aliphatic heterocycles. The van der Waals surface area contributed by atoms with Crippen molar-refractivity contribution in [2.24, 2.45) is 11.7 Å². The summed E-state index contributed by atoms with van der Waals surface area (Å²) in [5.41, 5.74) is 5.89. The van der Waals surface area contributed by atoms with E-state index in [2.05, 4.69) is 13.8 Å². The van der Waals surface area contributed by atoms with Crippen LogP contribution in [0.4, 0.5) is 0 Å². The average molecular weight is 183 g/mol. The lowest BCUT2D eigenvalue weighted by atomic mass is 10.0. The van der Waals surface area contributed by atoms with Crippen molar-refractivity contribution in [2.45, 2.75) is 32.9 Å². The fourth-order valence-electron chi connectivity index (χ4n) is 1.30. The van der Waals surface area contributed by atoms with E-state index in [1.54, 1.807) is 6.07 Å². The summed E-state index contributed by atoms with van der Waals surface area (Å²) < 4.78 is 5.32. The first-order valence-corrected chi connectivity index (χ1v) is 4.58. The summed E-state index contributed by atoms with van der Waals surface area (Å²) in [5.74, 6) is 1.89. The second-order valence-electron chi connectivity index (χ2n) is 3.70. The number of hydrogen-bond acceptors (Lipinski definition) is 3. The van der Waals surface area contributed by atoms with Gasteiger partial charge in [-0.05, 0) is 24.5 Å². The van der Waals surface area contributed by atoms with Crippen LogP contribution < -0.4 is 5.73 Å². The van der Waals surface area contributed by atoms with Crippen molar-refractivity contribution in [3.63, 3.8) is 0 Å². The van der Waals surface area contributed by atoms with E-state index in [1.807, 2.05) is 6.07 Å². The van der Waals surface area contributed by atoms with Crippen LogP contribution in [0, 0.1) is 5.92 Å². The molecule has 0 aromatic carbocycles. The maximum Gasteiger partial charge on any atom is 0.129 e. The topological polar surface area (TPSA) is 59.4 Å². The Labute approximate surface area is 78.5 Å². The maximum atomic E-state index is 8.78. The van der Waals surface area contributed by atoms with E-state index in [9.17, 15) is 0 Å². The van der Waals surface area contributed by atoms with Gasteiger partial charge < -0.3 is 15.3 Å². The number of nitrogens with two attached hydrogens (primary N) is 1. The second kappa shape index (κ2) is 4.44. The van der Waals surface area contributed by atoms with Gasteiger partial charge in [-0.3, -0.25) is 0 Å². The lowest BCUT2D eigenvalue weighted by Gasteiger charge is -2.10. The predicted molar refractivity (Wildman–Crippen MR) is 51.0 cm³/mol. The molecular weight excluding hydrogens is 166 g/mol. The van der Waals surface area contributed by atoms with Gasteiger partial charge in [0.25, 0.3) is 0 Å². The van der Waals surface area contributed by atoms with Crippen LogP contribution >= 0.6 is 0 Å². The van der Waals surface area contributed by atoms with E-state index in [0.29, 0.717) is 11.7 Å². The Hall–Kier alpha value is -0.800. The summed E-state index contributed by atoms with van der Waals surface area (Å²) in [6, 6.07) is 3.54. The first kappa shape index (κ1) is 10.3. The molecule has 3 heteroatoms. The second-order valence-corrected chi connectivity index (χ2v) is 3.70. The molecule has 0 spiro atoms. The van der Waals surface area contributed by atoms with E-state index < -0.39 is 0 Å². The van der Waals surface area contributed by atoms with Gasteiger partial charge in [0.2, 0.25) is 0 Å². The zero-order valence-electron chi connectivity index (χ0n) is 8.16. The summed E-state index contributed by atoms with van der Waals surface area (Å²) in [4.78, 5) is 0. The molecule has 1 aromatic heterocycles. The molecule has 1 aromatic rings. The first-order chi connectivity index (χ1) is 6.13. The molecule has 0 aliphatic rings. The summed E-state index contributed by atoms with van der Waals surface area (Å²) in [5, 5.41) is 8.78. The van der Waals surface area contributed by atoms with Crippen molar-refractivity contribution in [2.75, 3.05) is 0 Å². The third-order valence-corrected chi connectivity index (χ3v) is 1.93. The summed E-state index contributed by atoms with van der Waals surface area (Å²) in [6.07, 6.45) is 0.901. The maximum absolute atomic E-state index is 8.78. The van der Waals surface area contributed by atoms with Gasteiger partial charge in [0.15, 0.2) is 0 Å². The van der Waals surface area contributed by atoms with Crippen LogP contribution in [0.25, 0.3) is 0 Å². The molecule has 3 N–H and O–H groups in total. The minimum absolute atomic E-state index is 0.0553. The highest BCUT2D eigenvalue weighted by atomic mass is 16.4. The van der Waals surface area contributed by atoms with Crippen molar-refractivity contribution in [1.82, 2.24) is 0 Å². The Kier molecular flexibility index (Phi) is 3.51. The van der Waals surface area contributed by atoms with Crippen LogP contribution in [0.15, 0.2) is 16.5 Å². The van der Waals surface area contributed by atoms with Crippen LogP contribution in [0.3, 0.4) is 0 Å². The van der Waals surface area contributed by atoms with Crippen molar-refractivity contribution < 1.29 is 9.52 Å². The fraction of sp³-hybridized carbons (Fsp3) is 0.600. The third kappa shape index (κ3) is 2.86. The van der Waals surface area contributed by atoms with Gasteiger partial charge in [-0.1, -0.05) is 13.8 Å². The molecule has 3 nitrogen and oxygen atoms in total. The Balaban J connectivity index is 2.60. The Morgan fingerprint density at radius 1 is 1.46 bits per heavy atom. The Bertz CT molecular complexity index is 255. The highest BCUT2D eigenvalue weighted by molar-refractivity contribution is 5.09. The lowest BCUT2D eigenvalue weighted by Crippen LogP contribution is -2.11. The van der Waals surface area contributed by atoms with Gasteiger partial charge in [-0.2, -0.15) is 0 Å². The summed E-state index contributed by atoms with van der Waals surface area (Å²) in [6.45, 7) is 4.18. The summed E-state index contributed by atoms with van der Waals surface area (Å²) >= 11 is 0. The molecule has 74 valence electrons. The van der Waals surface area contributed by atoms with Crippen LogP contribution in [-0.4, -0.2) is 5.11 Å². The molecule has 1 heterocycles. The number of rotatable bonds is 4. The Morgan fingerprint density at radius 3 is 2.62 bits per heavy atom. The van der Waals surface area contributed by atoms with Gasteiger partial charge >= 0.3 is 0 Å². The molecule has 13 heavy (non-hydrogen) atoms. The van der Waals surface area contributed by atoms with E-state index in [1.165, 1.54) is 0 Å². The van der Waals surface area contributed by atoms with Gasteiger partial charge in [-0.15, -0.1) is 0 Å². The van der Waals surface area contributed by atoms with Crippen molar-refractivity contribution >= 4 is 0 Å². The van der Waals surface area contributed by atoms with E-state index in [-0.39, 0.29) is 12.6 Å². The molecular formula is C10H17NO2. The highest BCUT2D eigenvalue weighted by Gasteiger charge is 2.11. The molecule has 0 amide bonds. The number of furan rings is 1. The number of aliphatic hydroxyl groups excluding tert-OH is 1. The standard InChI is InChI=1S/C10H17NO2/c1-7(2)5-9(11)10-4-3-8(6-12)13-10/h3-4,7,9,12H,5-6,11H2,1-2H3/t9-/m1/s1. The van der Waals surface area contributed by atoms with Crippen LogP contribution in [0.2, 0.25) is 0 Å². The summed E-state index contributed by atoms with van der Waals surface area (Å²) in [7, 11) is 0. The fourth-order valence-corrected chi connectivity index (χ4v) is 1.30. The Morgan fingerprint density at radius 2 is 2.15 bits per heavy atom. The smallest absolute Gasteiger partial charge is 0.129 e. The quantitative estimate of drug-likeness (QED) is 0.748. The predicted octanol–water partition coefficient (Wildman–Crippen LogP) is 1.82. The van der Waals surface area contributed by atoms with Crippen LogP contribution in [0.5, 0.6) is 0 Å². The molecule has 0 radical (unpaired) electrons. The minimum atomic E-state index is -0.0611. The zero-order chi connectivity index (χ0) is 9.84. The highest BCUT2D eigenvalue weighted by Crippen LogP contribution is 2.20. The largest absolute Gasteiger partial charge is 0.462 e.